The molecule has 0 bridgehead atoms. The highest BCUT2D eigenvalue weighted by Gasteiger charge is 2.48. The first-order valence-electron chi connectivity index (χ1n) is 11.3. The van der Waals surface area contributed by atoms with E-state index >= 15 is 0 Å². The van der Waals surface area contributed by atoms with E-state index in [2.05, 4.69) is 67.3 Å². The van der Waals surface area contributed by atoms with Gasteiger partial charge in [-0.15, -0.1) is 0 Å². The first-order chi connectivity index (χ1) is 14.6. The number of benzene rings is 3. The van der Waals surface area contributed by atoms with Crippen LogP contribution >= 0.6 is 11.6 Å². The topological polar surface area (TPSA) is 12.5 Å². The van der Waals surface area contributed by atoms with Crippen LogP contribution in [0.3, 0.4) is 0 Å². The average Bonchev–Trinajstić information content (AvgIpc) is 2.76. The highest BCUT2D eigenvalue weighted by molar-refractivity contribution is 6.30. The lowest BCUT2D eigenvalue weighted by Gasteiger charge is -2.52. The summed E-state index contributed by atoms with van der Waals surface area (Å²) in [6.07, 6.45) is 7.02. The van der Waals surface area contributed by atoms with Crippen molar-refractivity contribution in [2.75, 3.05) is 11.4 Å². The summed E-state index contributed by atoms with van der Waals surface area (Å²) < 4.78 is 6.97. The Morgan fingerprint density at radius 3 is 2.60 bits per heavy atom. The Bertz CT molecular complexity index is 1060. The number of anilines is 1. The zero-order valence-corrected chi connectivity index (χ0v) is 18.7. The molecular formula is C27H30ClNO. The van der Waals surface area contributed by atoms with E-state index < -0.39 is 0 Å². The van der Waals surface area contributed by atoms with Gasteiger partial charge in [-0.2, -0.15) is 0 Å². The SMILES string of the molecule is CCN(c1cccc2ccccc12)C1Cc2cc(Cl)cc(C)c2OC12CCCCC2. The van der Waals surface area contributed by atoms with Gasteiger partial charge in [0.25, 0.3) is 0 Å². The number of halogens is 1. The van der Waals surface area contributed by atoms with Crippen LogP contribution in [0.4, 0.5) is 5.69 Å². The molecule has 0 amide bonds. The van der Waals surface area contributed by atoms with Crippen LogP contribution in [-0.4, -0.2) is 18.2 Å². The molecule has 1 aliphatic carbocycles. The minimum absolute atomic E-state index is 0.128. The Kier molecular flexibility index (Phi) is 5.14. The molecule has 0 aromatic heterocycles. The lowest BCUT2D eigenvalue weighted by Crippen LogP contribution is -2.60. The summed E-state index contributed by atoms with van der Waals surface area (Å²) in [5, 5.41) is 3.42. The largest absolute Gasteiger partial charge is 0.485 e. The fraction of sp³-hybridized carbons (Fsp3) is 0.407. The monoisotopic (exact) mass is 419 g/mol. The van der Waals surface area contributed by atoms with E-state index in [1.54, 1.807) is 0 Å². The van der Waals surface area contributed by atoms with Crippen LogP contribution in [0.2, 0.25) is 5.02 Å². The molecule has 0 N–H and O–H groups in total. The van der Waals surface area contributed by atoms with Crippen LogP contribution in [0.1, 0.15) is 50.2 Å². The molecule has 2 aliphatic rings. The molecule has 3 aromatic rings. The van der Waals surface area contributed by atoms with Gasteiger partial charge in [0.05, 0.1) is 6.04 Å². The Morgan fingerprint density at radius 2 is 1.80 bits per heavy atom. The van der Waals surface area contributed by atoms with E-state index in [1.807, 2.05) is 6.07 Å². The Morgan fingerprint density at radius 1 is 1.03 bits per heavy atom. The van der Waals surface area contributed by atoms with E-state index in [0.717, 1.165) is 42.1 Å². The van der Waals surface area contributed by atoms with Gasteiger partial charge >= 0.3 is 0 Å². The summed E-state index contributed by atoms with van der Waals surface area (Å²) in [6.45, 7) is 5.36. The summed E-state index contributed by atoms with van der Waals surface area (Å²) in [5.41, 5.74) is 3.60. The second-order valence-corrected chi connectivity index (χ2v) is 9.38. The van der Waals surface area contributed by atoms with Gasteiger partial charge in [-0.1, -0.05) is 54.4 Å². The molecule has 1 atom stereocenters. The summed E-state index contributed by atoms with van der Waals surface area (Å²) in [7, 11) is 0. The maximum Gasteiger partial charge on any atom is 0.130 e. The Hall–Kier alpha value is -2.19. The first kappa shape index (κ1) is 19.8. The van der Waals surface area contributed by atoms with Gasteiger partial charge in [0, 0.05) is 29.1 Å². The van der Waals surface area contributed by atoms with Crippen LogP contribution in [0.5, 0.6) is 5.75 Å². The molecule has 1 aliphatic heterocycles. The molecule has 1 spiro atoms. The minimum Gasteiger partial charge on any atom is -0.485 e. The standard InChI is InChI=1S/C27H30ClNO/c1-3-29(24-13-9-11-20-10-5-6-12-23(20)24)25-18-21-17-22(28)16-19(2)26(21)30-27(25)14-7-4-8-15-27/h5-6,9-13,16-17,25H,3-4,7-8,14-15,18H2,1-2H3. The fourth-order valence-electron chi connectivity index (χ4n) is 5.76. The number of nitrogens with zero attached hydrogens (tertiary/aromatic N) is 1. The maximum atomic E-state index is 6.97. The molecule has 2 nitrogen and oxygen atoms in total. The first-order valence-corrected chi connectivity index (χ1v) is 11.7. The van der Waals surface area contributed by atoms with Crippen molar-refractivity contribution in [2.45, 2.75) is 64.0 Å². The van der Waals surface area contributed by atoms with Gasteiger partial charge in [-0.25, -0.2) is 0 Å². The fourth-order valence-corrected chi connectivity index (χ4v) is 6.06. The molecule has 156 valence electrons. The van der Waals surface area contributed by atoms with Gasteiger partial charge in [-0.05, 0) is 74.2 Å². The number of hydrogen-bond donors (Lipinski definition) is 0. The van der Waals surface area contributed by atoms with Crippen LogP contribution in [0.25, 0.3) is 10.8 Å². The molecule has 1 saturated carbocycles. The van der Waals surface area contributed by atoms with Gasteiger partial charge in [-0.3, -0.25) is 0 Å². The highest BCUT2D eigenvalue weighted by atomic mass is 35.5. The predicted octanol–water partition coefficient (Wildman–Crippen LogP) is 7.33. The molecule has 3 aromatic carbocycles. The van der Waals surface area contributed by atoms with Crippen molar-refractivity contribution < 1.29 is 4.74 Å². The normalized spacial score (nSPS) is 20.0. The quantitative estimate of drug-likeness (QED) is 0.440. The van der Waals surface area contributed by atoms with Crippen molar-refractivity contribution >= 4 is 28.1 Å². The Balaban J connectivity index is 1.65. The van der Waals surface area contributed by atoms with Crippen LogP contribution < -0.4 is 9.64 Å². The van der Waals surface area contributed by atoms with Crippen molar-refractivity contribution in [1.82, 2.24) is 0 Å². The van der Waals surface area contributed by atoms with E-state index in [4.69, 9.17) is 16.3 Å². The zero-order valence-electron chi connectivity index (χ0n) is 18.0. The number of likely N-dealkylation sites (N-methyl/N-ethyl adjacent to an activating group) is 1. The summed E-state index contributed by atoms with van der Waals surface area (Å²) >= 11 is 6.45. The molecule has 0 radical (unpaired) electrons. The third-order valence-electron chi connectivity index (χ3n) is 7.14. The molecule has 1 heterocycles. The Labute approximate surface area is 184 Å². The average molecular weight is 420 g/mol. The second-order valence-electron chi connectivity index (χ2n) is 8.94. The smallest absolute Gasteiger partial charge is 0.130 e. The number of aryl methyl sites for hydroxylation is 1. The summed E-state index contributed by atoms with van der Waals surface area (Å²) in [4.78, 5) is 2.60. The highest BCUT2D eigenvalue weighted by Crippen LogP contribution is 2.47. The van der Waals surface area contributed by atoms with Gasteiger partial charge in [0.2, 0.25) is 0 Å². The van der Waals surface area contributed by atoms with Crippen LogP contribution in [-0.2, 0) is 6.42 Å². The van der Waals surface area contributed by atoms with Gasteiger partial charge in [0.15, 0.2) is 0 Å². The van der Waals surface area contributed by atoms with Crippen LogP contribution in [0, 0.1) is 6.92 Å². The molecule has 1 unspecified atom stereocenters. The van der Waals surface area contributed by atoms with Gasteiger partial charge < -0.3 is 9.64 Å². The van der Waals surface area contributed by atoms with Crippen molar-refractivity contribution in [2.24, 2.45) is 0 Å². The van der Waals surface area contributed by atoms with Crippen molar-refractivity contribution in [3.8, 4) is 5.75 Å². The molecule has 1 fully saturated rings. The van der Waals surface area contributed by atoms with Crippen molar-refractivity contribution in [3.63, 3.8) is 0 Å². The molecule has 5 rings (SSSR count). The number of ether oxygens (including phenoxy) is 1. The van der Waals surface area contributed by atoms with Crippen LogP contribution in [0.15, 0.2) is 54.6 Å². The predicted molar refractivity (Wildman–Crippen MR) is 127 cm³/mol. The van der Waals surface area contributed by atoms with E-state index in [9.17, 15) is 0 Å². The van der Waals surface area contributed by atoms with E-state index in [0.29, 0.717) is 6.04 Å². The van der Waals surface area contributed by atoms with Crippen molar-refractivity contribution in [1.29, 1.82) is 0 Å². The number of rotatable bonds is 3. The van der Waals surface area contributed by atoms with E-state index in [1.165, 1.54) is 41.3 Å². The number of fused-ring (bicyclic) bond motifs is 2. The molecule has 0 saturated heterocycles. The second kappa shape index (κ2) is 7.81. The molecular weight excluding hydrogens is 390 g/mol. The third-order valence-corrected chi connectivity index (χ3v) is 7.35. The van der Waals surface area contributed by atoms with Crippen molar-refractivity contribution in [3.05, 3.63) is 70.7 Å². The third kappa shape index (κ3) is 3.26. The molecule has 30 heavy (non-hydrogen) atoms. The number of hydrogen-bond acceptors (Lipinski definition) is 2. The van der Waals surface area contributed by atoms with Gasteiger partial charge in [0.1, 0.15) is 11.4 Å². The summed E-state index contributed by atoms with van der Waals surface area (Å²) in [6, 6.07) is 19.9. The summed E-state index contributed by atoms with van der Waals surface area (Å²) in [5.74, 6) is 1.08. The minimum atomic E-state index is -0.128. The lowest BCUT2D eigenvalue weighted by molar-refractivity contribution is -0.00911. The maximum absolute atomic E-state index is 6.97. The van der Waals surface area contributed by atoms with E-state index in [-0.39, 0.29) is 5.60 Å². The molecule has 3 heteroatoms. The zero-order chi connectivity index (χ0) is 20.7. The lowest BCUT2D eigenvalue weighted by atomic mass is 9.74.